The maximum Gasteiger partial charge on any atom is 0.332 e. The van der Waals surface area contributed by atoms with E-state index in [1.807, 2.05) is 0 Å². The molecule has 0 aliphatic heterocycles. The van der Waals surface area contributed by atoms with Crippen LogP contribution in [0.25, 0.3) is 0 Å². The van der Waals surface area contributed by atoms with Crippen LogP contribution in [0.15, 0.2) is 29.4 Å². The van der Waals surface area contributed by atoms with Crippen LogP contribution in [0.4, 0.5) is 10.5 Å². The first-order valence-corrected chi connectivity index (χ1v) is 7.24. The van der Waals surface area contributed by atoms with Crippen LogP contribution in [0, 0.1) is 0 Å². The van der Waals surface area contributed by atoms with Crippen LogP contribution in [-0.4, -0.2) is 44.6 Å². The largest absolute Gasteiger partial charge is 0.373 e. The van der Waals surface area contributed by atoms with Crippen molar-refractivity contribution in [2.24, 2.45) is 10.8 Å². The van der Waals surface area contributed by atoms with Crippen molar-refractivity contribution in [3.05, 3.63) is 29.8 Å². The highest BCUT2D eigenvalue weighted by atomic mass is 32.2. The first kappa shape index (κ1) is 15.9. The van der Waals surface area contributed by atoms with Gasteiger partial charge in [0, 0.05) is 19.3 Å². The number of rotatable bonds is 6. The molecule has 1 aromatic carbocycles. The highest BCUT2D eigenvalue weighted by molar-refractivity contribution is 7.85. The van der Waals surface area contributed by atoms with Gasteiger partial charge in [0.1, 0.15) is 0 Å². The first-order chi connectivity index (χ1) is 9.28. The number of carbonyl (C=O) groups is 1. The van der Waals surface area contributed by atoms with Gasteiger partial charge in [0.25, 0.3) is 10.1 Å². The number of anilines is 1. The predicted molar refractivity (Wildman–Crippen MR) is 76.4 cm³/mol. The number of benzene rings is 1. The van der Waals surface area contributed by atoms with E-state index in [0.29, 0.717) is 0 Å². The summed E-state index contributed by atoms with van der Waals surface area (Å²) in [4.78, 5) is 12.1. The van der Waals surface area contributed by atoms with Crippen LogP contribution in [-0.2, 0) is 10.1 Å². The van der Waals surface area contributed by atoms with Crippen molar-refractivity contribution in [2.75, 3.05) is 24.2 Å². The molecule has 0 aromatic heterocycles. The molecular weight excluding hydrogens is 284 g/mol. The molecule has 0 bridgehead atoms. The van der Waals surface area contributed by atoms with Crippen molar-refractivity contribution in [2.45, 2.75) is 0 Å². The zero-order valence-corrected chi connectivity index (χ0v) is 11.7. The van der Waals surface area contributed by atoms with Gasteiger partial charge in [-0.1, -0.05) is 12.1 Å². The lowest BCUT2D eigenvalue weighted by Crippen LogP contribution is -2.25. The second-order valence-electron chi connectivity index (χ2n) is 4.03. The number of nitrogens with one attached hydrogen (secondary N) is 1. The highest BCUT2D eigenvalue weighted by Gasteiger charge is 2.07. The second-order valence-corrected chi connectivity index (χ2v) is 5.61. The molecule has 0 aliphatic carbocycles. The molecule has 0 fully saturated rings. The SMILES string of the molecule is CN(CCS(=O)(=O)O)c1ccc(C=NNC(N)=O)cc1. The van der Waals surface area contributed by atoms with Gasteiger partial charge in [-0.05, 0) is 17.7 Å². The summed E-state index contributed by atoms with van der Waals surface area (Å²) in [5.74, 6) is -0.338. The average Bonchev–Trinajstić information content (AvgIpc) is 2.35. The van der Waals surface area contributed by atoms with Crippen molar-refractivity contribution < 1.29 is 17.8 Å². The molecule has 9 heteroatoms. The molecule has 0 atom stereocenters. The number of carbonyl (C=O) groups excluding carboxylic acids is 1. The minimum atomic E-state index is -3.97. The van der Waals surface area contributed by atoms with Crippen LogP contribution in [0.2, 0.25) is 0 Å². The minimum absolute atomic E-state index is 0.176. The summed E-state index contributed by atoms with van der Waals surface area (Å²) in [6.07, 6.45) is 1.42. The monoisotopic (exact) mass is 300 g/mol. The Morgan fingerprint density at radius 3 is 2.55 bits per heavy atom. The summed E-state index contributed by atoms with van der Waals surface area (Å²) in [6.45, 7) is 0.176. The van der Waals surface area contributed by atoms with Gasteiger partial charge in [-0.3, -0.25) is 4.55 Å². The lowest BCUT2D eigenvalue weighted by atomic mass is 10.2. The van der Waals surface area contributed by atoms with Crippen LogP contribution >= 0.6 is 0 Å². The molecule has 0 heterocycles. The number of hydrogen-bond donors (Lipinski definition) is 3. The average molecular weight is 300 g/mol. The number of hydrazone groups is 1. The molecule has 0 saturated heterocycles. The third kappa shape index (κ3) is 6.16. The summed E-state index contributed by atoms with van der Waals surface area (Å²) in [5, 5.41) is 3.61. The van der Waals surface area contributed by atoms with Crippen LogP contribution < -0.4 is 16.1 Å². The molecule has 20 heavy (non-hydrogen) atoms. The highest BCUT2D eigenvalue weighted by Crippen LogP contribution is 2.12. The summed E-state index contributed by atoms with van der Waals surface area (Å²) in [6, 6.07) is 6.25. The molecule has 0 spiro atoms. The first-order valence-electron chi connectivity index (χ1n) is 5.63. The van der Waals surface area contributed by atoms with Gasteiger partial charge in [0.2, 0.25) is 0 Å². The van der Waals surface area contributed by atoms with Gasteiger partial charge in [0.05, 0.1) is 12.0 Å². The minimum Gasteiger partial charge on any atom is -0.373 e. The normalized spacial score (nSPS) is 11.5. The maximum atomic E-state index is 10.7. The third-order valence-electron chi connectivity index (χ3n) is 2.41. The molecular formula is C11H16N4O4S. The molecule has 0 radical (unpaired) electrons. The Kier molecular flexibility index (Phi) is 5.47. The van der Waals surface area contributed by atoms with E-state index < -0.39 is 16.1 Å². The van der Waals surface area contributed by atoms with E-state index in [1.165, 1.54) is 6.21 Å². The molecule has 4 N–H and O–H groups in total. The van der Waals surface area contributed by atoms with Crippen molar-refractivity contribution >= 4 is 28.1 Å². The van der Waals surface area contributed by atoms with Gasteiger partial charge in [-0.25, -0.2) is 10.2 Å². The Morgan fingerprint density at radius 1 is 1.45 bits per heavy atom. The summed E-state index contributed by atoms with van der Waals surface area (Å²) >= 11 is 0. The molecule has 2 amide bonds. The fraction of sp³-hybridized carbons (Fsp3) is 0.273. The van der Waals surface area contributed by atoms with E-state index >= 15 is 0 Å². The van der Waals surface area contributed by atoms with E-state index in [-0.39, 0.29) is 12.3 Å². The molecule has 0 aliphatic rings. The quantitative estimate of drug-likeness (QED) is 0.388. The van der Waals surface area contributed by atoms with E-state index in [0.717, 1.165) is 11.3 Å². The number of nitrogens with two attached hydrogens (primary N) is 1. The van der Waals surface area contributed by atoms with Gasteiger partial charge in [0.15, 0.2) is 0 Å². The van der Waals surface area contributed by atoms with Crippen molar-refractivity contribution in [1.82, 2.24) is 5.43 Å². The molecule has 1 rings (SSSR count). The van der Waals surface area contributed by atoms with Gasteiger partial charge in [-0.15, -0.1) is 0 Å². The summed E-state index contributed by atoms with van der Waals surface area (Å²) in [7, 11) is -2.26. The molecule has 110 valence electrons. The zero-order chi connectivity index (χ0) is 15.2. The predicted octanol–water partition coefficient (Wildman–Crippen LogP) is 0.0128. The maximum absolute atomic E-state index is 10.7. The molecule has 0 unspecified atom stereocenters. The summed E-state index contributed by atoms with van der Waals surface area (Å²) in [5.41, 5.74) is 8.45. The topological polar surface area (TPSA) is 125 Å². The van der Waals surface area contributed by atoms with E-state index in [4.69, 9.17) is 10.3 Å². The lowest BCUT2D eigenvalue weighted by molar-refractivity contribution is 0.249. The Balaban J connectivity index is 2.61. The third-order valence-corrected chi connectivity index (χ3v) is 3.11. The van der Waals surface area contributed by atoms with Crippen molar-refractivity contribution in [3.8, 4) is 0 Å². The van der Waals surface area contributed by atoms with Crippen LogP contribution in [0.1, 0.15) is 5.56 Å². The Morgan fingerprint density at radius 2 is 2.05 bits per heavy atom. The standard InChI is InChI=1S/C11H16N4O4S/c1-15(6-7-20(17,18)19)10-4-2-9(3-5-10)8-13-14-11(12)16/h2-5,8H,6-7H2,1H3,(H3,12,14,16)(H,17,18,19). The smallest absolute Gasteiger partial charge is 0.332 e. The fourth-order valence-corrected chi connectivity index (χ4v) is 1.87. The number of nitrogens with zero attached hydrogens (tertiary/aromatic N) is 2. The van der Waals surface area contributed by atoms with E-state index in [1.54, 1.807) is 36.2 Å². The van der Waals surface area contributed by atoms with E-state index in [2.05, 4.69) is 10.5 Å². The van der Waals surface area contributed by atoms with Crippen LogP contribution in [0.3, 0.4) is 0 Å². The number of hydrogen-bond acceptors (Lipinski definition) is 5. The number of amides is 2. The van der Waals surface area contributed by atoms with Gasteiger partial charge in [-0.2, -0.15) is 13.5 Å². The molecule has 1 aromatic rings. The molecule has 8 nitrogen and oxygen atoms in total. The van der Waals surface area contributed by atoms with Crippen molar-refractivity contribution in [1.29, 1.82) is 0 Å². The van der Waals surface area contributed by atoms with Crippen LogP contribution in [0.5, 0.6) is 0 Å². The van der Waals surface area contributed by atoms with E-state index in [9.17, 15) is 13.2 Å². The Hall–Kier alpha value is -2.13. The summed E-state index contributed by atoms with van der Waals surface area (Å²) < 4.78 is 30.0. The van der Waals surface area contributed by atoms with Gasteiger partial charge >= 0.3 is 6.03 Å². The fourth-order valence-electron chi connectivity index (χ4n) is 1.37. The Labute approximate surface area is 117 Å². The van der Waals surface area contributed by atoms with Crippen molar-refractivity contribution in [3.63, 3.8) is 0 Å². The zero-order valence-electron chi connectivity index (χ0n) is 10.9. The lowest BCUT2D eigenvalue weighted by Gasteiger charge is -2.18. The van der Waals surface area contributed by atoms with Gasteiger partial charge < -0.3 is 10.6 Å². The molecule has 0 saturated carbocycles. The number of urea groups is 1. The second kappa shape index (κ2) is 6.87. The number of primary amides is 1. The Bertz CT molecular complexity index is 583.